The van der Waals surface area contributed by atoms with Crippen molar-refractivity contribution in [3.8, 4) is 0 Å². The predicted molar refractivity (Wildman–Crippen MR) is 77.6 cm³/mol. The molecule has 2 aliphatic heterocycles. The average molecular weight is 280 g/mol. The molecule has 0 atom stereocenters. The molecule has 0 aromatic carbocycles. The fourth-order valence-corrected chi connectivity index (χ4v) is 3.74. The maximum Gasteiger partial charge on any atom is 0.157 e. The molecule has 0 aliphatic carbocycles. The fraction of sp³-hybridized carbons (Fsp3) is 0.692. The van der Waals surface area contributed by atoms with Crippen LogP contribution in [0.1, 0.15) is 18.5 Å². The summed E-state index contributed by atoms with van der Waals surface area (Å²) in [6, 6.07) is 2.05. The van der Waals surface area contributed by atoms with E-state index in [2.05, 4.69) is 21.5 Å². The summed E-state index contributed by atoms with van der Waals surface area (Å²) in [7, 11) is 1.94. The number of amidine groups is 1. The number of nitrogens with zero attached hydrogens (tertiary/aromatic N) is 3. The number of aryl methyl sites for hydroxylation is 1. The molecule has 2 aliphatic rings. The van der Waals surface area contributed by atoms with Crippen molar-refractivity contribution >= 4 is 16.9 Å². The molecule has 1 spiro atoms. The molecule has 3 heterocycles. The van der Waals surface area contributed by atoms with Crippen molar-refractivity contribution in [1.29, 1.82) is 0 Å². The second kappa shape index (κ2) is 5.54. The van der Waals surface area contributed by atoms with Crippen LogP contribution in [-0.4, -0.2) is 46.0 Å². The van der Waals surface area contributed by atoms with E-state index in [0.717, 1.165) is 55.6 Å². The Balaban J connectivity index is 1.51. The van der Waals surface area contributed by atoms with Crippen LogP contribution in [0.15, 0.2) is 17.3 Å². The van der Waals surface area contributed by atoms with Crippen molar-refractivity contribution in [2.45, 2.75) is 24.8 Å². The van der Waals surface area contributed by atoms with Gasteiger partial charge in [0.25, 0.3) is 0 Å². The van der Waals surface area contributed by atoms with Crippen molar-refractivity contribution in [2.75, 3.05) is 25.5 Å². The number of aliphatic imine (C=N–C) groups is 1. The number of thioether (sulfide) groups is 1. The zero-order chi connectivity index (χ0) is 13.1. The molecule has 1 aromatic heterocycles. The average Bonchev–Trinajstić information content (AvgIpc) is 2.99. The Morgan fingerprint density at radius 3 is 3.11 bits per heavy atom. The van der Waals surface area contributed by atoms with Crippen LogP contribution in [0, 0.1) is 0 Å². The second-order valence-electron chi connectivity index (χ2n) is 5.22. The lowest BCUT2D eigenvalue weighted by Gasteiger charge is -2.32. The van der Waals surface area contributed by atoms with Gasteiger partial charge in [-0.1, -0.05) is 11.8 Å². The predicted octanol–water partition coefficient (Wildman–Crippen LogP) is 1.20. The van der Waals surface area contributed by atoms with Gasteiger partial charge in [-0.15, -0.1) is 0 Å². The van der Waals surface area contributed by atoms with Gasteiger partial charge in [0.1, 0.15) is 0 Å². The van der Waals surface area contributed by atoms with Gasteiger partial charge < -0.3 is 10.1 Å². The normalized spacial score (nSPS) is 23.9. The summed E-state index contributed by atoms with van der Waals surface area (Å²) < 4.78 is 7.27. The van der Waals surface area contributed by atoms with Crippen LogP contribution in [0.25, 0.3) is 0 Å². The first kappa shape index (κ1) is 13.0. The van der Waals surface area contributed by atoms with Gasteiger partial charge in [-0.25, -0.2) is 0 Å². The van der Waals surface area contributed by atoms with E-state index in [-0.39, 0.29) is 5.54 Å². The summed E-state index contributed by atoms with van der Waals surface area (Å²) in [5.74, 6) is 1.12. The quantitative estimate of drug-likeness (QED) is 0.904. The van der Waals surface area contributed by atoms with E-state index in [0.29, 0.717) is 0 Å². The topological polar surface area (TPSA) is 51.4 Å². The van der Waals surface area contributed by atoms with E-state index in [1.165, 1.54) is 0 Å². The van der Waals surface area contributed by atoms with Gasteiger partial charge in [-0.05, 0) is 18.9 Å². The molecule has 0 saturated carbocycles. The highest BCUT2D eigenvalue weighted by Gasteiger charge is 2.38. The Kier molecular flexibility index (Phi) is 3.79. The third-order valence-electron chi connectivity index (χ3n) is 3.70. The summed E-state index contributed by atoms with van der Waals surface area (Å²) in [5, 5.41) is 9.06. The smallest absolute Gasteiger partial charge is 0.157 e. The Labute approximate surface area is 117 Å². The first-order valence-electron chi connectivity index (χ1n) is 6.78. The van der Waals surface area contributed by atoms with E-state index in [9.17, 15) is 0 Å². The van der Waals surface area contributed by atoms with Crippen LogP contribution in [0.5, 0.6) is 0 Å². The van der Waals surface area contributed by atoms with Gasteiger partial charge in [0.15, 0.2) is 5.17 Å². The molecule has 19 heavy (non-hydrogen) atoms. The van der Waals surface area contributed by atoms with Crippen LogP contribution in [-0.2, 0) is 18.2 Å². The minimum atomic E-state index is 0.243. The monoisotopic (exact) mass is 280 g/mol. The van der Waals surface area contributed by atoms with E-state index < -0.39 is 0 Å². The minimum absolute atomic E-state index is 0.243. The first-order chi connectivity index (χ1) is 9.26. The number of rotatable bonds is 3. The number of hydrogen-bond acceptors (Lipinski definition) is 4. The molecule has 104 valence electrons. The number of hydrogen-bond donors (Lipinski definition) is 1. The zero-order valence-corrected chi connectivity index (χ0v) is 12.1. The molecule has 0 amide bonds. The van der Waals surface area contributed by atoms with Gasteiger partial charge in [0.2, 0.25) is 0 Å². The van der Waals surface area contributed by atoms with E-state index in [1.54, 1.807) is 0 Å². The molecular weight excluding hydrogens is 260 g/mol. The van der Waals surface area contributed by atoms with Gasteiger partial charge >= 0.3 is 0 Å². The third kappa shape index (κ3) is 3.12. The van der Waals surface area contributed by atoms with Crippen LogP contribution in [0.4, 0.5) is 0 Å². The Hall–Kier alpha value is -1.01. The Morgan fingerprint density at radius 1 is 1.53 bits per heavy atom. The van der Waals surface area contributed by atoms with Gasteiger partial charge in [0, 0.05) is 45.2 Å². The number of ether oxygens (including phenoxy) is 1. The summed E-state index contributed by atoms with van der Waals surface area (Å²) in [6.45, 7) is 2.54. The Bertz CT molecular complexity index is 465. The number of aromatic nitrogens is 2. The van der Waals surface area contributed by atoms with Crippen molar-refractivity contribution in [3.63, 3.8) is 0 Å². The lowest BCUT2D eigenvalue weighted by Crippen LogP contribution is -2.48. The van der Waals surface area contributed by atoms with Crippen LogP contribution >= 0.6 is 11.8 Å². The Morgan fingerprint density at radius 2 is 2.37 bits per heavy atom. The largest absolute Gasteiger partial charge is 0.381 e. The van der Waals surface area contributed by atoms with Crippen molar-refractivity contribution in [2.24, 2.45) is 12.0 Å². The molecule has 0 unspecified atom stereocenters. The summed E-state index contributed by atoms with van der Waals surface area (Å²) in [6.07, 6.45) is 5.07. The second-order valence-corrected chi connectivity index (χ2v) is 6.19. The van der Waals surface area contributed by atoms with E-state index in [4.69, 9.17) is 4.74 Å². The molecule has 0 radical (unpaired) electrons. The molecule has 6 heteroatoms. The molecular formula is C13H20N4OS. The number of nitrogens with one attached hydrogen (secondary N) is 1. The lowest BCUT2D eigenvalue weighted by atomic mass is 9.93. The first-order valence-corrected chi connectivity index (χ1v) is 7.76. The molecule has 2 saturated heterocycles. The highest BCUT2D eigenvalue weighted by atomic mass is 32.2. The minimum Gasteiger partial charge on any atom is -0.381 e. The molecule has 1 N–H and O–H groups in total. The van der Waals surface area contributed by atoms with E-state index >= 15 is 0 Å². The van der Waals surface area contributed by atoms with Gasteiger partial charge in [-0.2, -0.15) is 5.10 Å². The third-order valence-corrected chi connectivity index (χ3v) is 4.90. The maximum atomic E-state index is 5.43. The maximum absolute atomic E-state index is 5.43. The molecule has 1 aromatic rings. The van der Waals surface area contributed by atoms with Gasteiger partial charge in [0.05, 0.1) is 11.2 Å². The van der Waals surface area contributed by atoms with E-state index in [1.807, 2.05) is 29.7 Å². The highest BCUT2D eigenvalue weighted by molar-refractivity contribution is 8.14. The summed E-state index contributed by atoms with van der Waals surface area (Å²) in [5.41, 5.74) is 1.35. The molecule has 5 nitrogen and oxygen atoms in total. The summed E-state index contributed by atoms with van der Waals surface area (Å²) >= 11 is 1.85. The van der Waals surface area contributed by atoms with Crippen molar-refractivity contribution in [1.82, 2.24) is 15.1 Å². The van der Waals surface area contributed by atoms with Crippen LogP contribution in [0.2, 0.25) is 0 Å². The molecule has 0 bridgehead atoms. The standard InChI is InChI=1S/C13H20N4OS/c1-17-7-3-11(16-17)2-6-14-12-15-13(10-19-12)4-8-18-9-5-13/h3,7H,2,4-6,8-10H2,1H3,(H,14,15). The zero-order valence-electron chi connectivity index (χ0n) is 11.3. The lowest BCUT2D eigenvalue weighted by molar-refractivity contribution is 0.0555. The molecule has 2 fully saturated rings. The summed E-state index contributed by atoms with van der Waals surface area (Å²) in [4.78, 5) is 4.66. The van der Waals surface area contributed by atoms with Gasteiger partial charge in [-0.3, -0.25) is 9.67 Å². The highest BCUT2D eigenvalue weighted by Crippen LogP contribution is 2.31. The SMILES string of the molecule is Cn1ccc(CCN=C2NC3(CCOCC3)CS2)n1. The van der Waals surface area contributed by atoms with Crippen molar-refractivity contribution in [3.05, 3.63) is 18.0 Å². The van der Waals surface area contributed by atoms with Crippen molar-refractivity contribution < 1.29 is 4.74 Å². The van der Waals surface area contributed by atoms with Crippen LogP contribution < -0.4 is 5.32 Å². The molecule has 3 rings (SSSR count). The van der Waals surface area contributed by atoms with Crippen LogP contribution in [0.3, 0.4) is 0 Å². The fourth-order valence-electron chi connectivity index (χ4n) is 2.49.